The average Bonchev–Trinajstić information content (AvgIpc) is 1.67. The van der Waals surface area contributed by atoms with Gasteiger partial charge in [0, 0.05) is 54.6 Å². The second-order valence-corrected chi connectivity index (χ2v) is 34.1. The average molecular weight is 1160 g/mol. The van der Waals surface area contributed by atoms with Crippen molar-refractivity contribution in [3.8, 4) is 11.1 Å². The summed E-state index contributed by atoms with van der Waals surface area (Å²) in [5, 5.41) is 1.37. The zero-order chi connectivity index (χ0) is 61.5. The van der Waals surface area contributed by atoms with Gasteiger partial charge in [0.05, 0.1) is 17.1 Å². The summed E-state index contributed by atoms with van der Waals surface area (Å²) < 4.78 is 2.81. The van der Waals surface area contributed by atoms with Crippen molar-refractivity contribution in [2.45, 2.75) is 206 Å². The van der Waals surface area contributed by atoms with E-state index in [1.54, 1.807) is 0 Å². The number of thiophene rings is 1. The van der Waals surface area contributed by atoms with E-state index >= 15 is 0 Å². The van der Waals surface area contributed by atoms with Crippen molar-refractivity contribution >= 4 is 95.0 Å². The number of hydrogen-bond acceptors (Lipinski definition) is 4. The Kier molecular flexibility index (Phi) is 12.9. The van der Waals surface area contributed by atoms with Crippen LogP contribution in [-0.2, 0) is 43.3 Å². The van der Waals surface area contributed by atoms with Crippen LogP contribution in [0.4, 0.5) is 51.2 Å². The van der Waals surface area contributed by atoms with Crippen LogP contribution in [0.3, 0.4) is 0 Å². The Labute approximate surface area is 526 Å². The van der Waals surface area contributed by atoms with Crippen molar-refractivity contribution in [2.75, 3.05) is 14.7 Å². The summed E-state index contributed by atoms with van der Waals surface area (Å²) in [6.07, 6.45) is 6.97. The van der Waals surface area contributed by atoms with E-state index in [9.17, 15) is 0 Å². The molecule has 87 heavy (non-hydrogen) atoms. The lowest BCUT2D eigenvalue weighted by molar-refractivity contribution is 0.332. The molecule has 5 heteroatoms. The number of hydrogen-bond donors (Lipinski definition) is 0. The first-order valence-electron chi connectivity index (χ1n) is 32.7. The maximum atomic E-state index is 2.79. The molecule has 0 fully saturated rings. The number of fused-ring (bicyclic) bond motifs is 9. The highest BCUT2D eigenvalue weighted by Gasteiger charge is 2.49. The van der Waals surface area contributed by atoms with Crippen molar-refractivity contribution in [2.24, 2.45) is 0 Å². The molecule has 0 radical (unpaired) electrons. The van der Waals surface area contributed by atoms with Gasteiger partial charge in [0.15, 0.2) is 0 Å². The molecular formula is C82H92BN3S. The fourth-order valence-corrected chi connectivity index (χ4v) is 17.5. The summed E-state index contributed by atoms with van der Waals surface area (Å²) in [4.78, 5) is 8.09. The Morgan fingerprint density at radius 2 is 0.885 bits per heavy atom. The van der Waals surface area contributed by atoms with Gasteiger partial charge in [0.25, 0.3) is 6.71 Å². The van der Waals surface area contributed by atoms with Crippen LogP contribution in [0.25, 0.3) is 21.2 Å². The summed E-state index contributed by atoms with van der Waals surface area (Å²) >= 11 is 2.06. The minimum Gasteiger partial charge on any atom is -0.311 e. The smallest absolute Gasteiger partial charge is 0.264 e. The van der Waals surface area contributed by atoms with Gasteiger partial charge >= 0.3 is 0 Å². The molecule has 14 rings (SSSR count). The molecule has 0 spiro atoms. The first-order valence-corrected chi connectivity index (χ1v) is 33.6. The molecule has 0 atom stereocenters. The molecule has 3 heterocycles. The summed E-state index contributed by atoms with van der Waals surface area (Å²) in [5.74, 6) is 0. The Morgan fingerprint density at radius 3 is 1.46 bits per heavy atom. The minimum atomic E-state index is -0.0884. The molecular weight excluding hydrogens is 1070 g/mol. The lowest BCUT2D eigenvalue weighted by atomic mass is 9.36. The molecule has 0 amide bonds. The van der Waals surface area contributed by atoms with Crippen LogP contribution >= 0.6 is 11.3 Å². The number of rotatable bonds is 6. The minimum absolute atomic E-state index is 0.000261. The highest BCUT2D eigenvalue weighted by atomic mass is 32.1. The predicted octanol–water partition coefficient (Wildman–Crippen LogP) is 21.8. The van der Waals surface area contributed by atoms with Crippen molar-refractivity contribution in [3.63, 3.8) is 0 Å². The third-order valence-corrected chi connectivity index (χ3v) is 23.3. The van der Waals surface area contributed by atoms with Gasteiger partial charge in [-0.15, -0.1) is 11.3 Å². The quantitative estimate of drug-likeness (QED) is 0.154. The van der Waals surface area contributed by atoms with Crippen molar-refractivity contribution in [1.29, 1.82) is 0 Å². The monoisotopic (exact) mass is 1160 g/mol. The van der Waals surface area contributed by atoms with Crippen LogP contribution in [0, 0.1) is 0 Å². The highest BCUT2D eigenvalue weighted by Crippen LogP contribution is 2.57. The Hall–Kier alpha value is -6.82. The summed E-state index contributed by atoms with van der Waals surface area (Å²) in [6, 6.07) is 63.1. The molecule has 0 N–H and O–H groups in total. The Bertz CT molecular complexity index is 4270. The highest BCUT2D eigenvalue weighted by molar-refractivity contribution is 7.33. The van der Waals surface area contributed by atoms with Crippen LogP contribution < -0.4 is 30.4 Å². The zero-order valence-corrected chi connectivity index (χ0v) is 56.4. The maximum absolute atomic E-state index is 2.79. The number of para-hydroxylation sites is 1. The Balaban J connectivity index is 1.17. The van der Waals surface area contributed by atoms with E-state index in [1.807, 2.05) is 0 Å². The largest absolute Gasteiger partial charge is 0.311 e. The third-order valence-electron chi connectivity index (χ3n) is 22.1. The molecule has 0 bridgehead atoms. The first-order chi connectivity index (χ1) is 40.8. The van der Waals surface area contributed by atoms with E-state index in [0.29, 0.717) is 0 Å². The van der Waals surface area contributed by atoms with Crippen molar-refractivity contribution < 1.29 is 0 Å². The molecule has 3 aliphatic carbocycles. The molecule has 9 aromatic rings. The van der Waals surface area contributed by atoms with Crippen LogP contribution in [0.2, 0.25) is 0 Å². The first kappa shape index (κ1) is 57.9. The summed E-state index contributed by atoms with van der Waals surface area (Å²) in [5.41, 5.74) is 27.8. The van der Waals surface area contributed by atoms with Gasteiger partial charge in [-0.3, -0.25) is 0 Å². The summed E-state index contributed by atoms with van der Waals surface area (Å²) in [6.45, 7) is 43.9. The second kappa shape index (κ2) is 19.3. The number of benzene rings is 8. The molecule has 3 nitrogen and oxygen atoms in total. The normalized spacial score (nSPS) is 18.9. The van der Waals surface area contributed by atoms with E-state index in [4.69, 9.17) is 0 Å². The second-order valence-electron chi connectivity index (χ2n) is 33.0. The van der Waals surface area contributed by atoms with E-state index < -0.39 is 0 Å². The van der Waals surface area contributed by atoms with Crippen molar-refractivity contribution in [1.82, 2.24) is 0 Å². The van der Waals surface area contributed by atoms with Gasteiger partial charge < -0.3 is 14.7 Å². The van der Waals surface area contributed by atoms with E-state index in [0.717, 1.165) is 30.6 Å². The molecule has 0 saturated carbocycles. The standard InChI is InChI=1S/C82H92BN3S/c1-75(2,3)52-29-35-67(58(43-52)51-25-21-19-22-26-51)86-68-36-30-53(76(4,5)6)44-66(68)83-72-69(47-57(48-70(72)86)84(54-27-23-20-24-28-54)55-31-33-60-62(45-55)79(11,12)39-37-77(60,7)8)85(56-32-34-61-63(46-56)80(13,14)40-38-78(61,9)10)73-59-49-64-65(50-71(59)87-74(73)83)82(17,18)42-41-81(64,15)16/h19-36,43-50H,37-42H2,1-18H3. The lowest BCUT2D eigenvalue weighted by Crippen LogP contribution is -2.60. The van der Waals surface area contributed by atoms with E-state index in [2.05, 4.69) is 308 Å². The summed E-state index contributed by atoms with van der Waals surface area (Å²) in [7, 11) is 0. The Morgan fingerprint density at radius 1 is 0.402 bits per heavy atom. The number of nitrogens with zero attached hydrogens (tertiary/aromatic N) is 3. The molecule has 0 saturated heterocycles. The zero-order valence-electron chi connectivity index (χ0n) is 55.6. The molecule has 2 aliphatic heterocycles. The predicted molar refractivity (Wildman–Crippen MR) is 379 cm³/mol. The van der Waals surface area contributed by atoms with Gasteiger partial charge in [0.2, 0.25) is 0 Å². The van der Waals surface area contributed by atoms with E-state index in [1.165, 1.54) is 140 Å². The van der Waals surface area contributed by atoms with Crippen LogP contribution in [0.5, 0.6) is 0 Å². The van der Waals surface area contributed by atoms with Crippen LogP contribution in [-0.4, -0.2) is 6.71 Å². The fraction of sp³-hybridized carbons (Fsp3) is 0.390. The topological polar surface area (TPSA) is 9.72 Å². The van der Waals surface area contributed by atoms with Crippen LogP contribution in [0.15, 0.2) is 158 Å². The molecule has 444 valence electrons. The lowest BCUT2D eigenvalue weighted by Gasteiger charge is -2.46. The fourth-order valence-electron chi connectivity index (χ4n) is 16.2. The number of anilines is 9. The maximum Gasteiger partial charge on any atom is 0.264 e. The van der Waals surface area contributed by atoms with Gasteiger partial charge in [-0.1, -0.05) is 203 Å². The van der Waals surface area contributed by atoms with Crippen molar-refractivity contribution in [3.05, 3.63) is 202 Å². The molecule has 5 aliphatic rings. The van der Waals surface area contributed by atoms with Gasteiger partial charge in [-0.2, -0.15) is 0 Å². The van der Waals surface area contributed by atoms with Gasteiger partial charge in [0.1, 0.15) is 0 Å². The molecule has 8 aromatic carbocycles. The molecule has 1 aromatic heterocycles. The molecule has 0 unspecified atom stereocenters. The van der Waals surface area contributed by atoms with E-state index in [-0.39, 0.29) is 50.0 Å². The van der Waals surface area contributed by atoms with Crippen LogP contribution in [0.1, 0.15) is 208 Å². The third kappa shape index (κ3) is 9.22. The SMILES string of the molecule is CC(C)(C)c1ccc2c(c1)B1c3sc4cc5c(cc4c3N(c3ccc4c(c3)C(C)(C)CCC4(C)C)c3cc(N(c4ccccc4)c4ccc6c(c4)C(C)(C)CCC6(C)C)cc(c31)N2c1ccc(C(C)(C)C)cc1-c1ccccc1)C(C)(C)CCC5(C)C. The van der Waals surface area contributed by atoms with Gasteiger partial charge in [-0.25, -0.2) is 0 Å². The van der Waals surface area contributed by atoms with Gasteiger partial charge in [-0.05, 0) is 222 Å².